The molecule has 66 valence electrons. The van der Waals surface area contributed by atoms with Gasteiger partial charge in [-0.2, -0.15) is 0 Å². The van der Waals surface area contributed by atoms with Gasteiger partial charge in [-0.15, -0.1) is 0 Å². The summed E-state index contributed by atoms with van der Waals surface area (Å²) in [5, 5.41) is 0. The van der Waals surface area contributed by atoms with Crippen LogP contribution in [0.15, 0.2) is 0 Å². The third-order valence-corrected chi connectivity index (χ3v) is 2.41. The highest BCUT2D eigenvalue weighted by Gasteiger charge is 2.17. The molecule has 0 bridgehead atoms. The number of piperidine rings is 1. The second-order valence-corrected chi connectivity index (χ2v) is 3.28. The molecule has 2 nitrogen and oxygen atoms in total. The Hall–Kier alpha value is -0.0800. The molecule has 0 aromatic carbocycles. The summed E-state index contributed by atoms with van der Waals surface area (Å²) in [6, 6.07) is 0. The van der Waals surface area contributed by atoms with Gasteiger partial charge in [0.25, 0.3) is 0 Å². The molecule has 0 aromatic heterocycles. The minimum Gasteiger partial charge on any atom is -0.381 e. The van der Waals surface area contributed by atoms with Crippen molar-refractivity contribution in [3.8, 4) is 0 Å². The van der Waals surface area contributed by atoms with E-state index in [1.807, 2.05) is 7.11 Å². The van der Waals surface area contributed by atoms with Gasteiger partial charge in [-0.25, -0.2) is 0 Å². The molecule has 1 saturated heterocycles. The van der Waals surface area contributed by atoms with Gasteiger partial charge in [-0.3, -0.25) is 0 Å². The van der Waals surface area contributed by atoms with Crippen molar-refractivity contribution in [2.24, 2.45) is 0 Å². The molecule has 0 unspecified atom stereocenters. The van der Waals surface area contributed by atoms with E-state index >= 15 is 0 Å². The molecule has 0 spiro atoms. The van der Waals surface area contributed by atoms with Crippen LogP contribution < -0.4 is 0 Å². The Balaban J connectivity index is 2.14. The zero-order valence-corrected chi connectivity index (χ0v) is 7.68. The summed E-state index contributed by atoms with van der Waals surface area (Å²) in [6.07, 6.45) is 4.24. The van der Waals surface area contributed by atoms with E-state index in [-0.39, 0.29) is 0 Å². The van der Waals surface area contributed by atoms with Gasteiger partial charge in [0.1, 0.15) is 0 Å². The molecule has 1 heterocycles. The van der Waals surface area contributed by atoms with Gasteiger partial charge in [-0.1, -0.05) is 6.92 Å². The van der Waals surface area contributed by atoms with Gasteiger partial charge in [-0.05, 0) is 25.8 Å². The van der Waals surface area contributed by atoms with Crippen LogP contribution in [0.2, 0.25) is 0 Å². The number of nitrogens with zero attached hydrogens (tertiary/aromatic N) is 1. The Kier molecular flexibility index (Phi) is 3.87. The Morgan fingerprint density at radius 3 is 2.45 bits per heavy atom. The van der Waals surface area contributed by atoms with Crippen LogP contribution in [0, 0.1) is 0 Å². The zero-order valence-electron chi connectivity index (χ0n) is 7.68. The molecule has 2 heteroatoms. The Morgan fingerprint density at radius 1 is 1.36 bits per heavy atom. The lowest BCUT2D eigenvalue weighted by molar-refractivity contribution is 0.0412. The van der Waals surface area contributed by atoms with Crippen molar-refractivity contribution >= 4 is 0 Å². The highest BCUT2D eigenvalue weighted by molar-refractivity contribution is 4.71. The monoisotopic (exact) mass is 157 g/mol. The minimum absolute atomic E-state index is 0.531. The summed E-state index contributed by atoms with van der Waals surface area (Å²) in [4.78, 5) is 2.52. The zero-order chi connectivity index (χ0) is 8.10. The van der Waals surface area contributed by atoms with Gasteiger partial charge in [0.15, 0.2) is 0 Å². The van der Waals surface area contributed by atoms with Crippen LogP contribution in [0.25, 0.3) is 0 Å². The van der Waals surface area contributed by atoms with Gasteiger partial charge < -0.3 is 9.64 Å². The van der Waals surface area contributed by atoms with E-state index in [1.54, 1.807) is 0 Å². The predicted molar refractivity (Wildman–Crippen MR) is 46.8 cm³/mol. The van der Waals surface area contributed by atoms with Gasteiger partial charge >= 0.3 is 0 Å². The lowest BCUT2D eigenvalue weighted by atomic mass is 10.1. The molecular formula is C9H19NO. The van der Waals surface area contributed by atoms with Crippen molar-refractivity contribution in [1.82, 2.24) is 4.90 Å². The molecule has 0 radical (unpaired) electrons. The van der Waals surface area contributed by atoms with E-state index in [0.717, 1.165) is 0 Å². The molecule has 0 atom stereocenters. The Labute approximate surface area is 69.5 Å². The standard InChI is InChI=1S/C9H19NO/c1-3-6-10-7-4-9(11-2)5-8-10/h9H,3-8H2,1-2H3. The van der Waals surface area contributed by atoms with Gasteiger partial charge in [0.05, 0.1) is 6.10 Å². The van der Waals surface area contributed by atoms with Crippen LogP contribution in [0.5, 0.6) is 0 Å². The molecule has 0 aliphatic carbocycles. The van der Waals surface area contributed by atoms with Gasteiger partial charge in [0, 0.05) is 20.2 Å². The quantitative estimate of drug-likeness (QED) is 0.615. The second kappa shape index (κ2) is 4.73. The Bertz CT molecular complexity index is 97.7. The first kappa shape index (κ1) is 9.01. The molecule has 0 amide bonds. The summed E-state index contributed by atoms with van der Waals surface area (Å²) in [6.45, 7) is 5.96. The SMILES string of the molecule is CCCN1CCC(OC)CC1. The molecular weight excluding hydrogens is 138 g/mol. The topological polar surface area (TPSA) is 12.5 Å². The third-order valence-electron chi connectivity index (χ3n) is 2.41. The Morgan fingerprint density at radius 2 is 2.00 bits per heavy atom. The summed E-state index contributed by atoms with van der Waals surface area (Å²) >= 11 is 0. The van der Waals surface area contributed by atoms with E-state index in [9.17, 15) is 0 Å². The fourth-order valence-electron chi connectivity index (χ4n) is 1.68. The maximum absolute atomic E-state index is 5.29. The average Bonchev–Trinajstić information content (AvgIpc) is 2.07. The van der Waals surface area contributed by atoms with E-state index in [0.29, 0.717) is 6.10 Å². The summed E-state index contributed by atoms with van der Waals surface area (Å²) in [7, 11) is 1.82. The van der Waals surface area contributed by atoms with E-state index in [2.05, 4.69) is 11.8 Å². The lowest BCUT2D eigenvalue weighted by Crippen LogP contribution is -2.36. The minimum atomic E-state index is 0.531. The number of ether oxygens (including phenoxy) is 1. The largest absolute Gasteiger partial charge is 0.381 e. The molecule has 1 rings (SSSR count). The van der Waals surface area contributed by atoms with Crippen molar-refractivity contribution in [3.05, 3.63) is 0 Å². The maximum atomic E-state index is 5.29. The molecule has 0 aromatic rings. The molecule has 11 heavy (non-hydrogen) atoms. The lowest BCUT2D eigenvalue weighted by Gasteiger charge is -2.30. The third kappa shape index (κ3) is 2.80. The normalized spacial score (nSPS) is 22.4. The first-order chi connectivity index (χ1) is 5.36. The van der Waals surface area contributed by atoms with Crippen LogP contribution in [-0.2, 0) is 4.74 Å². The second-order valence-electron chi connectivity index (χ2n) is 3.28. The molecule has 0 N–H and O–H groups in total. The number of hydrogen-bond donors (Lipinski definition) is 0. The smallest absolute Gasteiger partial charge is 0.0595 e. The predicted octanol–water partition coefficient (Wildman–Crippen LogP) is 1.51. The fraction of sp³-hybridized carbons (Fsp3) is 1.00. The first-order valence-corrected chi connectivity index (χ1v) is 4.62. The molecule has 1 aliphatic heterocycles. The van der Waals surface area contributed by atoms with Crippen molar-refractivity contribution in [3.63, 3.8) is 0 Å². The van der Waals surface area contributed by atoms with E-state index in [4.69, 9.17) is 4.74 Å². The van der Waals surface area contributed by atoms with Crippen LogP contribution in [0.1, 0.15) is 26.2 Å². The van der Waals surface area contributed by atoms with Crippen LogP contribution in [0.3, 0.4) is 0 Å². The molecule has 1 fully saturated rings. The number of rotatable bonds is 3. The molecule has 1 aliphatic rings. The van der Waals surface area contributed by atoms with Crippen molar-refractivity contribution in [2.45, 2.75) is 32.3 Å². The van der Waals surface area contributed by atoms with Crippen molar-refractivity contribution in [1.29, 1.82) is 0 Å². The number of likely N-dealkylation sites (tertiary alicyclic amines) is 1. The highest BCUT2D eigenvalue weighted by atomic mass is 16.5. The maximum Gasteiger partial charge on any atom is 0.0595 e. The van der Waals surface area contributed by atoms with Crippen LogP contribution in [0.4, 0.5) is 0 Å². The van der Waals surface area contributed by atoms with Crippen LogP contribution >= 0.6 is 0 Å². The highest BCUT2D eigenvalue weighted by Crippen LogP contribution is 2.12. The average molecular weight is 157 g/mol. The van der Waals surface area contributed by atoms with Crippen molar-refractivity contribution < 1.29 is 4.74 Å². The van der Waals surface area contributed by atoms with Gasteiger partial charge in [0.2, 0.25) is 0 Å². The van der Waals surface area contributed by atoms with Crippen molar-refractivity contribution in [2.75, 3.05) is 26.7 Å². The summed E-state index contributed by atoms with van der Waals surface area (Å²) in [5.41, 5.74) is 0. The van der Waals surface area contributed by atoms with E-state index in [1.165, 1.54) is 38.9 Å². The van der Waals surface area contributed by atoms with E-state index < -0.39 is 0 Å². The summed E-state index contributed by atoms with van der Waals surface area (Å²) in [5.74, 6) is 0. The fourth-order valence-corrected chi connectivity index (χ4v) is 1.68. The first-order valence-electron chi connectivity index (χ1n) is 4.62. The van der Waals surface area contributed by atoms with Crippen LogP contribution in [-0.4, -0.2) is 37.7 Å². The summed E-state index contributed by atoms with van der Waals surface area (Å²) < 4.78 is 5.29. The number of hydrogen-bond acceptors (Lipinski definition) is 2. The number of methoxy groups -OCH3 is 1. The molecule has 0 saturated carbocycles.